The molecule has 0 amide bonds. The standard InChI is InChI=1S/C26H41NO8/c1-17(2)34-22-12-9-18-15-19(10-11-20(18)27-22)32-13-7-5-3-4-6-8-14-33-25-23(29)21(16-28)35-26(31)24(25)30/h9-12,15,17,21-31H,3-8,13-14,16H2,1-2H3/t21-,22?,23-,24-,25+,26?/m1/s1. The van der Waals surface area contributed by atoms with Crippen molar-refractivity contribution >= 4 is 11.8 Å². The van der Waals surface area contributed by atoms with Gasteiger partial charge in [0.25, 0.3) is 0 Å². The molecule has 0 bridgehead atoms. The number of fused-ring (bicyclic) bond motifs is 1. The lowest BCUT2D eigenvalue weighted by Crippen LogP contribution is -2.59. The summed E-state index contributed by atoms with van der Waals surface area (Å²) in [5, 5.41) is 42.3. The molecule has 0 radical (unpaired) electrons. The third-order valence-electron chi connectivity index (χ3n) is 6.15. The van der Waals surface area contributed by atoms with Gasteiger partial charge >= 0.3 is 0 Å². The average molecular weight is 496 g/mol. The van der Waals surface area contributed by atoms with Crippen molar-refractivity contribution in [2.75, 3.05) is 25.1 Å². The number of ether oxygens (including phenoxy) is 4. The highest BCUT2D eigenvalue weighted by atomic mass is 16.6. The topological polar surface area (TPSA) is 130 Å². The highest BCUT2D eigenvalue weighted by Crippen LogP contribution is 2.28. The van der Waals surface area contributed by atoms with Gasteiger partial charge in [-0.05, 0) is 51.0 Å². The normalized spacial score (nSPS) is 28.1. The fourth-order valence-corrected chi connectivity index (χ4v) is 4.25. The van der Waals surface area contributed by atoms with Gasteiger partial charge < -0.3 is 44.7 Å². The van der Waals surface area contributed by atoms with Gasteiger partial charge in [0.2, 0.25) is 0 Å². The molecule has 3 rings (SSSR count). The molecule has 198 valence electrons. The predicted octanol–water partition coefficient (Wildman–Crippen LogP) is 2.41. The number of anilines is 1. The number of aliphatic hydroxyl groups is 4. The van der Waals surface area contributed by atoms with Gasteiger partial charge in [0.15, 0.2) is 6.29 Å². The Balaban J connectivity index is 1.23. The molecular formula is C26H41NO8. The van der Waals surface area contributed by atoms with Crippen LogP contribution in [0.1, 0.15) is 57.9 Å². The minimum Gasteiger partial charge on any atom is -0.494 e. The lowest BCUT2D eigenvalue weighted by Gasteiger charge is -2.39. The van der Waals surface area contributed by atoms with Gasteiger partial charge in [0.1, 0.15) is 36.4 Å². The van der Waals surface area contributed by atoms with Crippen LogP contribution in [0, 0.1) is 0 Å². The van der Waals surface area contributed by atoms with Gasteiger partial charge in [0.05, 0.1) is 19.3 Å². The van der Waals surface area contributed by atoms with Crippen LogP contribution in [0.2, 0.25) is 0 Å². The van der Waals surface area contributed by atoms with Crippen molar-refractivity contribution in [3.05, 3.63) is 29.8 Å². The Hall–Kier alpha value is -1.72. The van der Waals surface area contributed by atoms with E-state index in [1.54, 1.807) is 0 Å². The molecule has 6 atom stereocenters. The first-order valence-electron chi connectivity index (χ1n) is 12.7. The molecule has 9 heteroatoms. The SMILES string of the molecule is CC(C)OC1C=Cc2cc(OCCCCCCCCO[C@H]3[C@H](O)[C@@H](CO)OC(O)[C@@H]3O)ccc2N1. The van der Waals surface area contributed by atoms with Crippen LogP contribution in [0.4, 0.5) is 5.69 Å². The molecule has 1 aromatic carbocycles. The zero-order valence-electron chi connectivity index (χ0n) is 20.7. The van der Waals surface area contributed by atoms with E-state index < -0.39 is 37.3 Å². The van der Waals surface area contributed by atoms with Crippen LogP contribution in [0.5, 0.6) is 5.75 Å². The third-order valence-corrected chi connectivity index (χ3v) is 6.15. The van der Waals surface area contributed by atoms with E-state index in [1.165, 1.54) is 0 Å². The Bertz CT molecular complexity index is 789. The van der Waals surface area contributed by atoms with Crippen LogP contribution in [0.15, 0.2) is 24.3 Å². The monoisotopic (exact) mass is 495 g/mol. The Morgan fingerprint density at radius 3 is 2.40 bits per heavy atom. The molecule has 9 nitrogen and oxygen atoms in total. The van der Waals surface area contributed by atoms with E-state index in [0.717, 1.165) is 55.5 Å². The Labute approximate surface area is 207 Å². The van der Waals surface area contributed by atoms with Gasteiger partial charge in [-0.1, -0.05) is 31.8 Å². The van der Waals surface area contributed by atoms with Crippen LogP contribution >= 0.6 is 0 Å². The molecule has 2 aliphatic rings. The first-order valence-corrected chi connectivity index (χ1v) is 12.7. The minimum atomic E-state index is -1.48. The summed E-state index contributed by atoms with van der Waals surface area (Å²) in [5.74, 6) is 0.863. The number of unbranched alkanes of at least 4 members (excludes halogenated alkanes) is 5. The molecule has 0 spiro atoms. The lowest BCUT2D eigenvalue weighted by molar-refractivity contribution is -0.294. The number of hydrogen-bond donors (Lipinski definition) is 5. The van der Waals surface area contributed by atoms with Crippen molar-refractivity contribution in [1.29, 1.82) is 0 Å². The van der Waals surface area contributed by atoms with E-state index in [9.17, 15) is 20.4 Å². The first-order chi connectivity index (χ1) is 16.9. The van der Waals surface area contributed by atoms with Crippen molar-refractivity contribution in [3.8, 4) is 5.75 Å². The summed E-state index contributed by atoms with van der Waals surface area (Å²) in [7, 11) is 0. The third kappa shape index (κ3) is 8.42. The maximum Gasteiger partial charge on any atom is 0.184 e. The summed E-state index contributed by atoms with van der Waals surface area (Å²) in [6.07, 6.45) is 4.13. The summed E-state index contributed by atoms with van der Waals surface area (Å²) in [5.41, 5.74) is 2.13. The quantitative estimate of drug-likeness (QED) is 0.247. The van der Waals surface area contributed by atoms with Crippen LogP contribution in [0.25, 0.3) is 6.08 Å². The van der Waals surface area contributed by atoms with Crippen LogP contribution in [-0.2, 0) is 14.2 Å². The molecule has 5 N–H and O–H groups in total. The van der Waals surface area contributed by atoms with E-state index in [1.807, 2.05) is 38.1 Å². The lowest BCUT2D eigenvalue weighted by atomic mass is 9.99. The predicted molar refractivity (Wildman–Crippen MR) is 132 cm³/mol. The van der Waals surface area contributed by atoms with E-state index in [4.69, 9.17) is 18.9 Å². The zero-order chi connectivity index (χ0) is 25.2. The van der Waals surface area contributed by atoms with Crippen molar-refractivity contribution in [2.45, 2.75) is 95.4 Å². The molecule has 1 saturated heterocycles. The summed E-state index contributed by atoms with van der Waals surface area (Å²) >= 11 is 0. The Morgan fingerprint density at radius 2 is 1.69 bits per heavy atom. The molecule has 35 heavy (non-hydrogen) atoms. The van der Waals surface area contributed by atoms with E-state index in [2.05, 4.69) is 11.4 Å². The number of rotatable bonds is 14. The minimum absolute atomic E-state index is 0.104. The highest BCUT2D eigenvalue weighted by molar-refractivity contribution is 5.71. The summed E-state index contributed by atoms with van der Waals surface area (Å²) < 4.78 is 22.2. The maximum absolute atomic E-state index is 10.1. The highest BCUT2D eigenvalue weighted by Gasteiger charge is 2.44. The average Bonchev–Trinajstić information content (AvgIpc) is 2.84. The second-order valence-electron chi connectivity index (χ2n) is 9.39. The van der Waals surface area contributed by atoms with E-state index >= 15 is 0 Å². The molecule has 1 aromatic rings. The van der Waals surface area contributed by atoms with Crippen LogP contribution < -0.4 is 10.1 Å². The second kappa shape index (κ2) is 14.1. The number of hydrogen-bond acceptors (Lipinski definition) is 9. The smallest absolute Gasteiger partial charge is 0.184 e. The first kappa shape index (κ1) is 27.9. The number of benzene rings is 1. The van der Waals surface area contributed by atoms with E-state index in [-0.39, 0.29) is 12.3 Å². The Kier molecular flexibility index (Phi) is 11.2. The summed E-state index contributed by atoms with van der Waals surface area (Å²) in [6, 6.07) is 6.04. The van der Waals surface area contributed by atoms with E-state index in [0.29, 0.717) is 13.2 Å². The fraction of sp³-hybridized carbons (Fsp3) is 0.692. The van der Waals surface area contributed by atoms with Crippen molar-refractivity contribution < 1.29 is 39.4 Å². The summed E-state index contributed by atoms with van der Waals surface area (Å²) in [6.45, 7) is 4.61. The molecule has 0 aromatic heterocycles. The zero-order valence-corrected chi connectivity index (χ0v) is 20.7. The molecule has 1 fully saturated rings. The number of aliphatic hydroxyl groups excluding tert-OH is 4. The van der Waals surface area contributed by atoms with Gasteiger partial charge in [-0.15, -0.1) is 0 Å². The van der Waals surface area contributed by atoms with Crippen molar-refractivity contribution in [3.63, 3.8) is 0 Å². The molecule has 2 unspecified atom stereocenters. The van der Waals surface area contributed by atoms with Crippen LogP contribution in [-0.4, -0.2) is 83.3 Å². The van der Waals surface area contributed by atoms with Crippen LogP contribution in [0.3, 0.4) is 0 Å². The van der Waals surface area contributed by atoms with Gasteiger partial charge in [0, 0.05) is 17.9 Å². The Morgan fingerprint density at radius 1 is 0.971 bits per heavy atom. The largest absolute Gasteiger partial charge is 0.494 e. The number of nitrogens with one attached hydrogen (secondary N) is 1. The molecule has 0 saturated carbocycles. The molecular weight excluding hydrogens is 454 g/mol. The fourth-order valence-electron chi connectivity index (χ4n) is 4.25. The summed E-state index contributed by atoms with van der Waals surface area (Å²) in [4.78, 5) is 0. The second-order valence-corrected chi connectivity index (χ2v) is 9.39. The van der Waals surface area contributed by atoms with Gasteiger partial charge in [-0.25, -0.2) is 0 Å². The van der Waals surface area contributed by atoms with Gasteiger partial charge in [-0.3, -0.25) is 0 Å². The molecule has 2 heterocycles. The molecule has 0 aliphatic carbocycles. The molecule has 2 aliphatic heterocycles. The maximum atomic E-state index is 10.1. The van der Waals surface area contributed by atoms with Crippen molar-refractivity contribution in [2.24, 2.45) is 0 Å². The van der Waals surface area contributed by atoms with Crippen molar-refractivity contribution in [1.82, 2.24) is 0 Å². The van der Waals surface area contributed by atoms with Gasteiger partial charge in [-0.2, -0.15) is 0 Å².